The summed E-state index contributed by atoms with van der Waals surface area (Å²) in [5.41, 5.74) is 0.928. The van der Waals surface area contributed by atoms with Crippen molar-refractivity contribution in [2.24, 2.45) is 0 Å². The van der Waals surface area contributed by atoms with E-state index in [-0.39, 0.29) is 6.61 Å². The van der Waals surface area contributed by atoms with Crippen LogP contribution in [0.5, 0.6) is 0 Å². The van der Waals surface area contributed by atoms with Crippen molar-refractivity contribution in [2.75, 3.05) is 31.2 Å². The molecule has 0 bridgehead atoms. The number of hydrogen-bond acceptors (Lipinski definition) is 5. The van der Waals surface area contributed by atoms with Gasteiger partial charge in [-0.1, -0.05) is 11.3 Å². The summed E-state index contributed by atoms with van der Waals surface area (Å²) >= 11 is 1.56. The zero-order valence-electron chi connectivity index (χ0n) is 10.2. The first-order chi connectivity index (χ1) is 7.72. The lowest BCUT2D eigenvalue weighted by atomic mass is 10.4. The van der Waals surface area contributed by atoms with Crippen LogP contribution in [0.1, 0.15) is 24.4 Å². The zero-order valence-corrected chi connectivity index (χ0v) is 11.0. The number of aryl methyl sites for hydroxylation is 1. The van der Waals surface area contributed by atoms with Crippen molar-refractivity contribution in [1.82, 2.24) is 4.98 Å². The van der Waals surface area contributed by atoms with Gasteiger partial charge >= 0.3 is 0 Å². The normalized spacial score (nSPS) is 10.8. The quantitative estimate of drug-likeness (QED) is 0.743. The van der Waals surface area contributed by atoms with Crippen LogP contribution >= 0.6 is 11.3 Å². The molecule has 5 heteroatoms. The van der Waals surface area contributed by atoms with E-state index in [0.717, 1.165) is 42.0 Å². The van der Waals surface area contributed by atoms with E-state index < -0.39 is 0 Å². The highest BCUT2D eigenvalue weighted by Crippen LogP contribution is 2.25. The van der Waals surface area contributed by atoms with Crippen LogP contribution in [0.2, 0.25) is 0 Å². The Morgan fingerprint density at radius 1 is 1.44 bits per heavy atom. The van der Waals surface area contributed by atoms with Crippen molar-refractivity contribution in [2.45, 2.75) is 27.4 Å². The summed E-state index contributed by atoms with van der Waals surface area (Å²) in [6.07, 6.45) is 0. The molecule has 0 saturated carbocycles. The second kappa shape index (κ2) is 6.83. The molecule has 4 nitrogen and oxygen atoms in total. The second-order valence-corrected chi connectivity index (χ2v) is 4.50. The number of aliphatic hydroxyl groups excluding tert-OH is 1. The van der Waals surface area contributed by atoms with E-state index in [1.165, 1.54) is 0 Å². The van der Waals surface area contributed by atoms with Crippen LogP contribution in [-0.4, -0.2) is 36.4 Å². The van der Waals surface area contributed by atoms with Gasteiger partial charge in [-0.15, -0.1) is 0 Å². The predicted molar refractivity (Wildman–Crippen MR) is 67.2 cm³/mol. The molecule has 0 fully saturated rings. The van der Waals surface area contributed by atoms with Crippen LogP contribution in [0, 0.1) is 6.92 Å². The van der Waals surface area contributed by atoms with Crippen molar-refractivity contribution >= 4 is 16.5 Å². The van der Waals surface area contributed by atoms with Gasteiger partial charge in [-0.3, -0.25) is 0 Å². The highest BCUT2D eigenvalue weighted by molar-refractivity contribution is 7.15. The number of aliphatic hydroxyl groups is 1. The lowest BCUT2D eigenvalue weighted by Crippen LogP contribution is -2.27. The summed E-state index contributed by atoms with van der Waals surface area (Å²) in [7, 11) is 0. The van der Waals surface area contributed by atoms with E-state index in [1.54, 1.807) is 11.3 Å². The molecule has 0 saturated heterocycles. The van der Waals surface area contributed by atoms with Gasteiger partial charge in [0.05, 0.1) is 23.8 Å². The molecule has 0 unspecified atom stereocenters. The summed E-state index contributed by atoms with van der Waals surface area (Å²) in [6, 6.07) is 0. The molecule has 1 rings (SSSR count). The van der Waals surface area contributed by atoms with Crippen LogP contribution in [0.15, 0.2) is 0 Å². The molecule has 92 valence electrons. The van der Waals surface area contributed by atoms with Gasteiger partial charge < -0.3 is 14.7 Å². The van der Waals surface area contributed by atoms with Crippen LogP contribution in [0.4, 0.5) is 5.13 Å². The van der Waals surface area contributed by atoms with Gasteiger partial charge in [0, 0.05) is 19.7 Å². The first-order valence-electron chi connectivity index (χ1n) is 5.62. The molecule has 0 spiro atoms. The summed E-state index contributed by atoms with van der Waals surface area (Å²) < 4.78 is 5.34. The Kier molecular flexibility index (Phi) is 5.73. The van der Waals surface area contributed by atoms with Gasteiger partial charge in [0.15, 0.2) is 5.13 Å². The van der Waals surface area contributed by atoms with E-state index in [1.807, 2.05) is 13.8 Å². The molecule has 1 aromatic rings. The van der Waals surface area contributed by atoms with E-state index in [9.17, 15) is 0 Å². The van der Waals surface area contributed by atoms with E-state index in [0.29, 0.717) is 0 Å². The highest BCUT2D eigenvalue weighted by Gasteiger charge is 2.12. The molecule has 0 aliphatic heterocycles. The summed E-state index contributed by atoms with van der Waals surface area (Å²) in [5.74, 6) is 0. The second-order valence-electron chi connectivity index (χ2n) is 3.44. The van der Waals surface area contributed by atoms with Crippen molar-refractivity contribution in [3.05, 3.63) is 10.6 Å². The molecule has 0 aliphatic rings. The van der Waals surface area contributed by atoms with Crippen molar-refractivity contribution in [3.8, 4) is 0 Å². The Morgan fingerprint density at radius 2 is 2.19 bits per heavy atom. The molecule has 0 aliphatic carbocycles. The maximum absolute atomic E-state index is 9.13. The van der Waals surface area contributed by atoms with Gasteiger partial charge in [-0.25, -0.2) is 4.98 Å². The molecule has 0 aromatic carbocycles. The topological polar surface area (TPSA) is 45.6 Å². The molecule has 0 radical (unpaired) electrons. The van der Waals surface area contributed by atoms with Gasteiger partial charge in [0.25, 0.3) is 0 Å². The Hall–Kier alpha value is -0.650. The molecule has 1 N–H and O–H groups in total. The number of anilines is 1. The van der Waals surface area contributed by atoms with Crippen LogP contribution in [0.3, 0.4) is 0 Å². The number of thiazole rings is 1. The molecular formula is C11H20N2O2S. The highest BCUT2D eigenvalue weighted by atomic mass is 32.1. The van der Waals surface area contributed by atoms with Gasteiger partial charge in [0.2, 0.25) is 0 Å². The number of likely N-dealkylation sites (N-methyl/N-ethyl adjacent to an activating group) is 1. The fourth-order valence-corrected chi connectivity index (χ4v) is 2.41. The third kappa shape index (κ3) is 3.43. The minimum atomic E-state index is 0.0759. The number of rotatable bonds is 7. The van der Waals surface area contributed by atoms with Gasteiger partial charge in [0.1, 0.15) is 0 Å². The molecule has 1 aromatic heterocycles. The molecule has 16 heavy (non-hydrogen) atoms. The number of aromatic nitrogens is 1. The standard InChI is InChI=1S/C11H20N2O2S/c1-4-13(6-7-15-5-2)11-12-9(3)10(8-14)16-11/h14H,4-8H2,1-3H3. The third-order valence-electron chi connectivity index (χ3n) is 2.39. The SMILES string of the molecule is CCOCCN(CC)c1nc(C)c(CO)s1. The van der Waals surface area contributed by atoms with Crippen LogP contribution < -0.4 is 4.90 Å². The fraction of sp³-hybridized carbons (Fsp3) is 0.727. The predicted octanol–water partition coefficient (Wildman–Crippen LogP) is 1.81. The molecule has 0 atom stereocenters. The maximum Gasteiger partial charge on any atom is 0.185 e. The van der Waals surface area contributed by atoms with Crippen molar-refractivity contribution in [3.63, 3.8) is 0 Å². The van der Waals surface area contributed by atoms with Crippen LogP contribution in [-0.2, 0) is 11.3 Å². The Balaban J connectivity index is 2.63. The molecule has 1 heterocycles. The Bertz CT molecular complexity index is 315. The fourth-order valence-electron chi connectivity index (χ4n) is 1.40. The number of nitrogens with zero attached hydrogens (tertiary/aromatic N) is 2. The first kappa shape index (κ1) is 13.4. The Morgan fingerprint density at radius 3 is 2.69 bits per heavy atom. The zero-order chi connectivity index (χ0) is 12.0. The van der Waals surface area contributed by atoms with E-state index in [2.05, 4.69) is 16.8 Å². The number of hydrogen-bond donors (Lipinski definition) is 1. The molecular weight excluding hydrogens is 224 g/mol. The number of ether oxygens (including phenoxy) is 1. The smallest absolute Gasteiger partial charge is 0.185 e. The average Bonchev–Trinajstić information content (AvgIpc) is 2.66. The lowest BCUT2D eigenvalue weighted by molar-refractivity contribution is 0.154. The largest absolute Gasteiger partial charge is 0.391 e. The van der Waals surface area contributed by atoms with Gasteiger partial charge in [-0.05, 0) is 20.8 Å². The van der Waals surface area contributed by atoms with E-state index >= 15 is 0 Å². The first-order valence-corrected chi connectivity index (χ1v) is 6.44. The van der Waals surface area contributed by atoms with E-state index in [4.69, 9.17) is 9.84 Å². The average molecular weight is 244 g/mol. The van der Waals surface area contributed by atoms with Gasteiger partial charge in [-0.2, -0.15) is 0 Å². The van der Waals surface area contributed by atoms with Crippen molar-refractivity contribution < 1.29 is 9.84 Å². The maximum atomic E-state index is 9.13. The summed E-state index contributed by atoms with van der Waals surface area (Å²) in [4.78, 5) is 7.58. The monoisotopic (exact) mass is 244 g/mol. The lowest BCUT2D eigenvalue weighted by Gasteiger charge is -2.19. The minimum absolute atomic E-state index is 0.0759. The van der Waals surface area contributed by atoms with Crippen molar-refractivity contribution in [1.29, 1.82) is 0 Å². The summed E-state index contributed by atoms with van der Waals surface area (Å²) in [5, 5.41) is 10.1. The van der Waals surface area contributed by atoms with Crippen LogP contribution in [0.25, 0.3) is 0 Å². The third-order valence-corrected chi connectivity index (χ3v) is 3.59. The Labute approximate surface area is 101 Å². The molecule has 0 amide bonds. The minimum Gasteiger partial charge on any atom is -0.391 e. The summed E-state index contributed by atoms with van der Waals surface area (Å²) in [6.45, 7) is 9.32.